The fourth-order valence-electron chi connectivity index (χ4n) is 2.23. The number of ether oxygens (including phenoxy) is 1. The van der Waals surface area contributed by atoms with Crippen molar-refractivity contribution in [1.29, 1.82) is 0 Å². The molecule has 1 unspecified atom stereocenters. The SMILES string of the molecule is CC(C)(C)OC(=O)N1CCCC1(CC=C(F)F)C(=O)O. The maximum absolute atomic E-state index is 12.3. The largest absolute Gasteiger partial charge is 0.479 e. The van der Waals surface area contributed by atoms with Crippen molar-refractivity contribution in [3.05, 3.63) is 12.2 Å². The summed E-state index contributed by atoms with van der Waals surface area (Å²) in [5.41, 5.74) is -2.42. The lowest BCUT2D eigenvalue weighted by molar-refractivity contribution is -0.149. The van der Waals surface area contributed by atoms with Crippen LogP contribution in [-0.2, 0) is 9.53 Å². The number of hydrogen-bond acceptors (Lipinski definition) is 3. The molecule has 114 valence electrons. The summed E-state index contributed by atoms with van der Waals surface area (Å²) in [5, 5.41) is 9.37. The van der Waals surface area contributed by atoms with E-state index in [9.17, 15) is 23.5 Å². The summed E-state index contributed by atoms with van der Waals surface area (Å²) in [6, 6.07) is 0. The Hall–Kier alpha value is -1.66. The van der Waals surface area contributed by atoms with E-state index < -0.39 is 35.7 Å². The van der Waals surface area contributed by atoms with E-state index in [2.05, 4.69) is 0 Å². The monoisotopic (exact) mass is 291 g/mol. The standard InChI is InChI=1S/C13H19F2NO4/c1-12(2,3)20-11(19)16-8-4-6-13(16,10(17)18)7-5-9(14)15/h5H,4,6-8H2,1-3H3,(H,17,18). The van der Waals surface area contributed by atoms with Gasteiger partial charge in [-0.1, -0.05) is 0 Å². The molecule has 1 aliphatic heterocycles. The molecule has 1 amide bonds. The van der Waals surface area contributed by atoms with Crippen LogP contribution in [-0.4, -0.2) is 39.8 Å². The molecule has 5 nitrogen and oxygen atoms in total. The molecule has 0 spiro atoms. The topological polar surface area (TPSA) is 66.8 Å². The van der Waals surface area contributed by atoms with Crippen molar-refractivity contribution in [1.82, 2.24) is 4.90 Å². The average molecular weight is 291 g/mol. The average Bonchev–Trinajstić information content (AvgIpc) is 2.68. The Morgan fingerprint density at radius 3 is 2.45 bits per heavy atom. The second-order valence-corrected chi connectivity index (χ2v) is 5.77. The number of rotatable bonds is 3. The van der Waals surface area contributed by atoms with Crippen LogP contribution in [0, 0.1) is 0 Å². The number of carboxylic acid groups (broad SMARTS) is 1. The minimum Gasteiger partial charge on any atom is -0.479 e. The van der Waals surface area contributed by atoms with Crippen LogP contribution < -0.4 is 0 Å². The maximum Gasteiger partial charge on any atom is 0.411 e. The number of nitrogens with zero attached hydrogens (tertiary/aromatic N) is 1. The Morgan fingerprint density at radius 1 is 1.40 bits per heavy atom. The molecule has 1 fully saturated rings. The van der Waals surface area contributed by atoms with Crippen LogP contribution in [0.4, 0.5) is 13.6 Å². The maximum atomic E-state index is 12.3. The smallest absolute Gasteiger partial charge is 0.411 e. The van der Waals surface area contributed by atoms with Crippen molar-refractivity contribution in [3.8, 4) is 0 Å². The van der Waals surface area contributed by atoms with Crippen LogP contribution in [0.5, 0.6) is 0 Å². The van der Waals surface area contributed by atoms with E-state index in [0.29, 0.717) is 12.5 Å². The number of carboxylic acids is 1. The number of halogens is 2. The lowest BCUT2D eigenvalue weighted by Crippen LogP contribution is -2.54. The lowest BCUT2D eigenvalue weighted by atomic mass is 9.92. The summed E-state index contributed by atoms with van der Waals surface area (Å²) in [5.74, 6) is -1.29. The molecule has 7 heteroatoms. The van der Waals surface area contributed by atoms with Gasteiger partial charge in [0, 0.05) is 13.0 Å². The van der Waals surface area contributed by atoms with Crippen LogP contribution in [0.25, 0.3) is 0 Å². The van der Waals surface area contributed by atoms with E-state index in [0.717, 1.165) is 4.90 Å². The van der Waals surface area contributed by atoms with E-state index >= 15 is 0 Å². The van der Waals surface area contributed by atoms with Crippen molar-refractivity contribution in [2.75, 3.05) is 6.54 Å². The molecule has 0 radical (unpaired) electrons. The van der Waals surface area contributed by atoms with Gasteiger partial charge >= 0.3 is 12.1 Å². The fraction of sp³-hybridized carbons (Fsp3) is 0.692. The Kier molecular flexibility index (Phi) is 4.73. The van der Waals surface area contributed by atoms with E-state index in [1.807, 2.05) is 0 Å². The van der Waals surface area contributed by atoms with Crippen LogP contribution in [0.15, 0.2) is 12.2 Å². The Bertz CT molecular complexity index is 427. The summed E-state index contributed by atoms with van der Waals surface area (Å²) < 4.78 is 29.7. The highest BCUT2D eigenvalue weighted by Gasteiger charge is 2.50. The zero-order chi connectivity index (χ0) is 15.6. The Balaban J connectivity index is 3.01. The van der Waals surface area contributed by atoms with Crippen molar-refractivity contribution in [2.24, 2.45) is 0 Å². The molecular formula is C13H19F2NO4. The molecule has 0 aliphatic carbocycles. The summed E-state index contributed by atoms with van der Waals surface area (Å²) >= 11 is 0. The zero-order valence-electron chi connectivity index (χ0n) is 11.8. The van der Waals surface area contributed by atoms with Gasteiger partial charge in [-0.25, -0.2) is 9.59 Å². The fourth-order valence-corrected chi connectivity index (χ4v) is 2.23. The summed E-state index contributed by atoms with van der Waals surface area (Å²) in [7, 11) is 0. The molecule has 1 N–H and O–H groups in total. The Labute approximate surface area is 116 Å². The number of carbonyl (C=O) groups is 2. The Morgan fingerprint density at radius 2 is 2.00 bits per heavy atom. The molecule has 1 heterocycles. The number of carbonyl (C=O) groups excluding carboxylic acids is 1. The van der Waals surface area contributed by atoms with Crippen molar-refractivity contribution < 1.29 is 28.2 Å². The van der Waals surface area contributed by atoms with Gasteiger partial charge in [0.2, 0.25) is 0 Å². The molecule has 20 heavy (non-hydrogen) atoms. The van der Waals surface area contributed by atoms with Gasteiger partial charge < -0.3 is 9.84 Å². The van der Waals surface area contributed by atoms with Crippen LogP contribution >= 0.6 is 0 Å². The molecule has 0 aromatic heterocycles. The highest BCUT2D eigenvalue weighted by Crippen LogP contribution is 2.35. The molecule has 1 atom stereocenters. The second-order valence-electron chi connectivity index (χ2n) is 5.77. The molecule has 1 rings (SSSR count). The minimum atomic E-state index is -1.96. The van der Waals surface area contributed by atoms with Crippen LogP contribution in [0.1, 0.15) is 40.0 Å². The highest BCUT2D eigenvalue weighted by atomic mass is 19.3. The van der Waals surface area contributed by atoms with Crippen LogP contribution in [0.3, 0.4) is 0 Å². The molecule has 0 aromatic rings. The zero-order valence-corrected chi connectivity index (χ0v) is 11.8. The molecule has 0 saturated carbocycles. The third kappa shape index (κ3) is 3.68. The molecular weight excluding hydrogens is 272 g/mol. The van der Waals surface area contributed by atoms with Crippen molar-refractivity contribution in [2.45, 2.75) is 51.2 Å². The first kappa shape index (κ1) is 16.4. The third-order valence-electron chi connectivity index (χ3n) is 3.09. The van der Waals surface area contributed by atoms with Gasteiger partial charge in [0.05, 0.1) is 0 Å². The number of hydrogen-bond donors (Lipinski definition) is 1. The molecule has 1 saturated heterocycles. The predicted molar refractivity (Wildman–Crippen MR) is 67.5 cm³/mol. The van der Waals surface area contributed by atoms with Gasteiger partial charge in [-0.3, -0.25) is 4.90 Å². The van der Waals surface area contributed by atoms with Gasteiger partial charge in [-0.05, 0) is 39.7 Å². The van der Waals surface area contributed by atoms with E-state index in [1.54, 1.807) is 20.8 Å². The van der Waals surface area contributed by atoms with Crippen molar-refractivity contribution >= 4 is 12.1 Å². The van der Waals surface area contributed by atoms with Crippen molar-refractivity contribution in [3.63, 3.8) is 0 Å². The van der Waals surface area contributed by atoms with E-state index in [-0.39, 0.29) is 13.0 Å². The first-order valence-electron chi connectivity index (χ1n) is 6.34. The number of amides is 1. The quantitative estimate of drug-likeness (QED) is 0.868. The third-order valence-corrected chi connectivity index (χ3v) is 3.09. The lowest BCUT2D eigenvalue weighted by Gasteiger charge is -2.35. The first-order chi connectivity index (χ1) is 9.08. The molecule has 0 aromatic carbocycles. The first-order valence-corrected chi connectivity index (χ1v) is 6.34. The minimum absolute atomic E-state index is 0.130. The van der Waals surface area contributed by atoms with Crippen LogP contribution in [0.2, 0.25) is 0 Å². The predicted octanol–water partition coefficient (Wildman–Crippen LogP) is 3.01. The van der Waals surface area contributed by atoms with E-state index in [1.165, 1.54) is 0 Å². The number of likely N-dealkylation sites (tertiary alicyclic amines) is 1. The van der Waals surface area contributed by atoms with Gasteiger partial charge in [-0.15, -0.1) is 0 Å². The second kappa shape index (κ2) is 5.76. The highest BCUT2D eigenvalue weighted by molar-refractivity contribution is 5.85. The molecule has 0 bridgehead atoms. The van der Waals surface area contributed by atoms with Gasteiger partial charge in [-0.2, -0.15) is 8.78 Å². The number of aliphatic carboxylic acids is 1. The molecule has 1 aliphatic rings. The normalized spacial score (nSPS) is 22.6. The van der Waals surface area contributed by atoms with Gasteiger partial charge in [0.25, 0.3) is 6.08 Å². The summed E-state index contributed by atoms with van der Waals surface area (Å²) in [6.45, 7) is 5.16. The van der Waals surface area contributed by atoms with Gasteiger partial charge in [0.1, 0.15) is 11.1 Å². The van der Waals surface area contributed by atoms with Gasteiger partial charge in [0.15, 0.2) is 0 Å². The van der Waals surface area contributed by atoms with E-state index in [4.69, 9.17) is 4.74 Å². The summed E-state index contributed by atoms with van der Waals surface area (Å²) in [6.07, 6.45) is -2.06. The summed E-state index contributed by atoms with van der Waals surface area (Å²) in [4.78, 5) is 24.6.